The molecule has 2 aromatic rings. The Morgan fingerprint density at radius 1 is 1.56 bits per heavy atom. The Morgan fingerprint density at radius 3 is 3.04 bits per heavy atom. The second-order valence-corrected chi connectivity index (χ2v) is 6.65. The van der Waals surface area contributed by atoms with Crippen LogP contribution in [0.2, 0.25) is 0 Å². The predicted octanol–water partition coefficient (Wildman–Crippen LogP) is 1.96. The Balaban J connectivity index is 1.82. The van der Waals surface area contributed by atoms with Crippen molar-refractivity contribution in [3.63, 3.8) is 0 Å². The van der Waals surface area contributed by atoms with Crippen LogP contribution < -0.4 is 10.1 Å². The van der Waals surface area contributed by atoms with Crippen molar-refractivity contribution < 1.29 is 24.1 Å². The molecule has 0 saturated carbocycles. The molecule has 8 nitrogen and oxygen atoms in total. The summed E-state index contributed by atoms with van der Waals surface area (Å²) < 4.78 is 20.0. The number of nitrogens with one attached hydrogen (secondary N) is 1. The summed E-state index contributed by atoms with van der Waals surface area (Å²) in [4.78, 5) is 20.1. The molecule has 25 heavy (non-hydrogen) atoms. The van der Waals surface area contributed by atoms with Gasteiger partial charge in [-0.1, -0.05) is 0 Å². The minimum absolute atomic E-state index is 0.0609. The molecule has 0 unspecified atom stereocenters. The number of halogens is 2. The Labute approximate surface area is 150 Å². The first-order valence-electron chi connectivity index (χ1n) is 7.56. The Morgan fingerprint density at radius 2 is 2.32 bits per heavy atom. The van der Waals surface area contributed by atoms with Crippen LogP contribution in [0.1, 0.15) is 6.92 Å². The zero-order valence-corrected chi connectivity index (χ0v) is 14.8. The van der Waals surface area contributed by atoms with Crippen molar-refractivity contribution in [3.05, 3.63) is 22.7 Å². The zero-order valence-electron chi connectivity index (χ0n) is 13.2. The SMILES string of the molecule is C[C@@H]1CN[C@H](COc2cc(Br)c(F)c3ncnc(O)c23)CN1C(=O)O. The van der Waals surface area contributed by atoms with Crippen LogP contribution in [-0.4, -0.2) is 63.0 Å². The van der Waals surface area contributed by atoms with Crippen molar-refractivity contribution in [1.82, 2.24) is 20.2 Å². The number of hydrogen-bond donors (Lipinski definition) is 3. The third-order valence-corrected chi connectivity index (χ3v) is 4.66. The average Bonchev–Trinajstić information content (AvgIpc) is 2.58. The molecule has 10 heteroatoms. The number of ether oxygens (including phenoxy) is 1. The molecule has 0 radical (unpaired) electrons. The van der Waals surface area contributed by atoms with E-state index in [-0.39, 0.29) is 52.2 Å². The number of amides is 1. The molecular formula is C15H16BrFN4O4. The molecule has 2 atom stereocenters. The van der Waals surface area contributed by atoms with Gasteiger partial charge in [0.05, 0.1) is 10.5 Å². The summed E-state index contributed by atoms with van der Waals surface area (Å²) in [6.45, 7) is 2.72. The van der Waals surface area contributed by atoms with Crippen LogP contribution in [0.25, 0.3) is 10.9 Å². The number of hydrogen-bond acceptors (Lipinski definition) is 6. The first kappa shape index (κ1) is 17.6. The number of piperazine rings is 1. The van der Waals surface area contributed by atoms with Gasteiger partial charge in [-0.25, -0.2) is 19.2 Å². The lowest BCUT2D eigenvalue weighted by molar-refractivity contribution is 0.0935. The van der Waals surface area contributed by atoms with E-state index in [9.17, 15) is 19.4 Å². The molecule has 1 aromatic heterocycles. The highest BCUT2D eigenvalue weighted by atomic mass is 79.9. The molecule has 134 valence electrons. The van der Waals surface area contributed by atoms with Gasteiger partial charge in [0.1, 0.15) is 29.6 Å². The van der Waals surface area contributed by atoms with Gasteiger partial charge < -0.3 is 25.2 Å². The monoisotopic (exact) mass is 414 g/mol. The molecule has 0 spiro atoms. The third-order valence-electron chi connectivity index (χ3n) is 4.09. The van der Waals surface area contributed by atoms with Gasteiger partial charge in [0.2, 0.25) is 5.88 Å². The highest BCUT2D eigenvalue weighted by molar-refractivity contribution is 9.10. The summed E-state index contributed by atoms with van der Waals surface area (Å²) in [6, 6.07) is 1.02. The number of aromatic nitrogens is 2. The van der Waals surface area contributed by atoms with Crippen LogP contribution in [0.15, 0.2) is 16.9 Å². The molecule has 1 aromatic carbocycles. The zero-order chi connectivity index (χ0) is 18.1. The molecule has 1 fully saturated rings. The lowest BCUT2D eigenvalue weighted by Crippen LogP contribution is -2.58. The number of nitrogens with zero attached hydrogens (tertiary/aromatic N) is 3. The Kier molecular flexibility index (Phi) is 4.91. The van der Waals surface area contributed by atoms with Gasteiger partial charge >= 0.3 is 6.09 Å². The summed E-state index contributed by atoms with van der Waals surface area (Å²) in [5, 5.41) is 22.4. The molecule has 1 amide bonds. The summed E-state index contributed by atoms with van der Waals surface area (Å²) in [5.74, 6) is -0.797. The lowest BCUT2D eigenvalue weighted by Gasteiger charge is -2.36. The fraction of sp³-hybridized carbons (Fsp3) is 0.400. The number of fused-ring (bicyclic) bond motifs is 1. The van der Waals surface area contributed by atoms with Gasteiger partial charge in [0.15, 0.2) is 5.82 Å². The number of rotatable bonds is 3. The van der Waals surface area contributed by atoms with Crippen molar-refractivity contribution >= 4 is 32.9 Å². The standard InChI is InChI=1S/C15H16BrFN4O4/c1-7-3-18-8(4-21(7)15(23)24)5-25-10-2-9(16)12(17)13-11(10)14(22)20-6-19-13/h2,6-8,18H,3-5H2,1H3,(H,23,24)(H,19,20,22)/t7-,8+/m1/s1. The maximum Gasteiger partial charge on any atom is 0.407 e. The molecule has 0 bridgehead atoms. The molecule has 1 aliphatic rings. The first-order chi connectivity index (χ1) is 11.9. The van der Waals surface area contributed by atoms with E-state index in [1.165, 1.54) is 11.0 Å². The van der Waals surface area contributed by atoms with E-state index in [1.54, 1.807) is 0 Å². The molecule has 2 heterocycles. The quantitative estimate of drug-likeness (QED) is 0.704. The van der Waals surface area contributed by atoms with Crippen LogP contribution in [0.3, 0.4) is 0 Å². The van der Waals surface area contributed by atoms with Crippen molar-refractivity contribution in [2.24, 2.45) is 0 Å². The van der Waals surface area contributed by atoms with Gasteiger partial charge in [-0.2, -0.15) is 0 Å². The highest BCUT2D eigenvalue weighted by Crippen LogP contribution is 2.36. The van der Waals surface area contributed by atoms with E-state index in [0.717, 1.165) is 6.33 Å². The molecular weight excluding hydrogens is 399 g/mol. The summed E-state index contributed by atoms with van der Waals surface area (Å²) in [5.41, 5.74) is -0.0609. The number of aromatic hydroxyl groups is 1. The minimum atomic E-state index is -0.986. The van der Waals surface area contributed by atoms with E-state index in [1.807, 2.05) is 6.92 Å². The number of benzene rings is 1. The lowest BCUT2D eigenvalue weighted by atomic mass is 10.1. The maximum atomic E-state index is 14.1. The van der Waals surface area contributed by atoms with E-state index in [2.05, 4.69) is 31.2 Å². The number of carboxylic acid groups (broad SMARTS) is 1. The van der Waals surface area contributed by atoms with Crippen molar-refractivity contribution in [2.45, 2.75) is 19.0 Å². The fourth-order valence-electron chi connectivity index (χ4n) is 2.75. The van der Waals surface area contributed by atoms with Crippen LogP contribution >= 0.6 is 15.9 Å². The fourth-order valence-corrected chi connectivity index (χ4v) is 3.14. The summed E-state index contributed by atoms with van der Waals surface area (Å²) in [6.07, 6.45) is 0.0752. The van der Waals surface area contributed by atoms with Gasteiger partial charge in [0.25, 0.3) is 0 Å². The smallest absolute Gasteiger partial charge is 0.407 e. The van der Waals surface area contributed by atoms with Crippen LogP contribution in [0.5, 0.6) is 11.6 Å². The molecule has 1 saturated heterocycles. The first-order valence-corrected chi connectivity index (χ1v) is 8.35. The van der Waals surface area contributed by atoms with Crippen LogP contribution in [0, 0.1) is 5.82 Å². The Hall–Kier alpha value is -2.20. The highest BCUT2D eigenvalue weighted by Gasteiger charge is 2.29. The minimum Gasteiger partial charge on any atom is -0.493 e. The van der Waals surface area contributed by atoms with Gasteiger partial charge in [-0.05, 0) is 28.9 Å². The van der Waals surface area contributed by atoms with Crippen molar-refractivity contribution in [1.29, 1.82) is 0 Å². The van der Waals surface area contributed by atoms with Gasteiger partial charge in [0, 0.05) is 19.1 Å². The van der Waals surface area contributed by atoms with Gasteiger partial charge in [-0.3, -0.25) is 0 Å². The van der Waals surface area contributed by atoms with Crippen LogP contribution in [-0.2, 0) is 0 Å². The van der Waals surface area contributed by atoms with E-state index in [4.69, 9.17) is 4.74 Å². The van der Waals surface area contributed by atoms with Gasteiger partial charge in [-0.15, -0.1) is 0 Å². The second-order valence-electron chi connectivity index (χ2n) is 5.79. The van der Waals surface area contributed by atoms with E-state index < -0.39 is 11.9 Å². The molecule has 3 rings (SSSR count). The molecule has 1 aliphatic heterocycles. The number of carbonyl (C=O) groups is 1. The Bertz CT molecular complexity index is 822. The van der Waals surface area contributed by atoms with E-state index in [0.29, 0.717) is 6.54 Å². The molecule has 0 aliphatic carbocycles. The largest absolute Gasteiger partial charge is 0.493 e. The summed E-state index contributed by atoms with van der Waals surface area (Å²) >= 11 is 3.10. The maximum absolute atomic E-state index is 14.1. The van der Waals surface area contributed by atoms with Crippen molar-refractivity contribution in [3.8, 4) is 11.6 Å². The van der Waals surface area contributed by atoms with Crippen molar-refractivity contribution in [2.75, 3.05) is 19.7 Å². The third kappa shape index (κ3) is 3.45. The second kappa shape index (κ2) is 6.96. The predicted molar refractivity (Wildman–Crippen MR) is 90.3 cm³/mol. The summed E-state index contributed by atoms with van der Waals surface area (Å²) in [7, 11) is 0. The molecule has 3 N–H and O–H groups in total. The topological polar surface area (TPSA) is 108 Å². The van der Waals surface area contributed by atoms with Crippen LogP contribution in [0.4, 0.5) is 9.18 Å². The average molecular weight is 415 g/mol. The van der Waals surface area contributed by atoms with E-state index >= 15 is 0 Å². The normalized spacial score (nSPS) is 20.7.